The fourth-order valence-electron chi connectivity index (χ4n) is 2.22. The molecular weight excluding hydrogens is 304 g/mol. The molecule has 0 saturated carbocycles. The van der Waals surface area contributed by atoms with Gasteiger partial charge in [0.05, 0.1) is 12.5 Å². The third-order valence-corrected chi connectivity index (χ3v) is 3.58. The summed E-state index contributed by atoms with van der Waals surface area (Å²) in [6.45, 7) is 14.2. The number of hydrogen-bond acceptors (Lipinski definition) is 3. The van der Waals surface area contributed by atoms with E-state index in [0.717, 1.165) is 25.2 Å². The van der Waals surface area contributed by atoms with Gasteiger partial charge in [0, 0.05) is 6.08 Å². The first kappa shape index (κ1) is 24.9. The Labute approximate surface area is 148 Å². The summed E-state index contributed by atoms with van der Waals surface area (Å²) in [4.78, 5) is 20.9. The lowest BCUT2D eigenvalue weighted by atomic mass is 9.99. The number of unbranched alkanes of at least 4 members (excludes halogenated alkanes) is 4. The van der Waals surface area contributed by atoms with E-state index in [-0.39, 0.29) is 11.9 Å². The second-order valence-electron chi connectivity index (χ2n) is 7.19. The van der Waals surface area contributed by atoms with Gasteiger partial charge in [-0.05, 0) is 24.7 Å². The summed E-state index contributed by atoms with van der Waals surface area (Å²) in [5.74, 6) is 0.109. The van der Waals surface area contributed by atoms with E-state index in [1.807, 2.05) is 13.8 Å². The summed E-state index contributed by atoms with van der Waals surface area (Å²) in [5, 5.41) is 8.43. The molecule has 0 bridgehead atoms. The number of rotatable bonds is 12. The number of carbonyl (C=O) groups excluding carboxylic acids is 1. The molecule has 0 spiro atoms. The molecule has 142 valence electrons. The summed E-state index contributed by atoms with van der Waals surface area (Å²) in [6, 6.07) is 0. The maximum Gasteiger partial charge on any atom is 0.330 e. The molecule has 0 aliphatic carbocycles. The predicted molar refractivity (Wildman–Crippen MR) is 100.0 cm³/mol. The molecule has 1 atom stereocenters. The minimum absolute atomic E-state index is 0.190. The van der Waals surface area contributed by atoms with Crippen LogP contribution in [-0.4, -0.2) is 23.7 Å². The van der Waals surface area contributed by atoms with Crippen LogP contribution in [0.1, 0.15) is 79.6 Å². The minimum atomic E-state index is -0.691. The fourth-order valence-corrected chi connectivity index (χ4v) is 2.22. The van der Waals surface area contributed by atoms with Crippen LogP contribution >= 0.6 is 0 Å². The van der Waals surface area contributed by atoms with E-state index < -0.39 is 5.97 Å². The van der Waals surface area contributed by atoms with Crippen molar-refractivity contribution < 1.29 is 19.4 Å². The zero-order valence-corrected chi connectivity index (χ0v) is 16.3. The lowest BCUT2D eigenvalue weighted by molar-refractivity contribution is -0.141. The van der Waals surface area contributed by atoms with Crippen molar-refractivity contribution in [1.82, 2.24) is 0 Å². The van der Waals surface area contributed by atoms with Crippen molar-refractivity contribution in [3.63, 3.8) is 0 Å². The van der Waals surface area contributed by atoms with E-state index >= 15 is 0 Å². The highest BCUT2D eigenvalue weighted by Gasteiger charge is 2.11. The van der Waals surface area contributed by atoms with Crippen molar-refractivity contribution in [2.75, 3.05) is 6.61 Å². The Morgan fingerprint density at radius 1 is 0.958 bits per heavy atom. The molecule has 0 radical (unpaired) electrons. The molecule has 0 aliphatic heterocycles. The van der Waals surface area contributed by atoms with Crippen LogP contribution in [-0.2, 0) is 14.3 Å². The smallest absolute Gasteiger partial charge is 0.330 e. The normalized spacial score (nSPS) is 11.6. The van der Waals surface area contributed by atoms with Crippen molar-refractivity contribution >= 4 is 11.9 Å². The van der Waals surface area contributed by atoms with Crippen molar-refractivity contribution in [1.29, 1.82) is 0 Å². The zero-order chi connectivity index (χ0) is 19.0. The van der Waals surface area contributed by atoms with Crippen molar-refractivity contribution in [2.45, 2.75) is 79.6 Å². The molecule has 1 N–H and O–H groups in total. The van der Waals surface area contributed by atoms with E-state index in [2.05, 4.69) is 20.4 Å². The molecule has 1 unspecified atom stereocenters. The van der Waals surface area contributed by atoms with Crippen molar-refractivity contribution in [3.05, 3.63) is 12.7 Å². The Morgan fingerprint density at radius 3 is 1.92 bits per heavy atom. The quantitative estimate of drug-likeness (QED) is 0.290. The Hall–Kier alpha value is -1.32. The highest BCUT2D eigenvalue weighted by Crippen LogP contribution is 2.11. The molecule has 0 saturated heterocycles. The maximum atomic E-state index is 10.7. The first-order valence-electron chi connectivity index (χ1n) is 9.22. The van der Waals surface area contributed by atoms with Crippen molar-refractivity contribution in [2.24, 2.45) is 17.8 Å². The van der Waals surface area contributed by atoms with Crippen LogP contribution in [0.15, 0.2) is 12.7 Å². The first-order chi connectivity index (χ1) is 11.2. The fraction of sp³-hybridized carbons (Fsp3) is 0.800. The average molecular weight is 343 g/mol. The monoisotopic (exact) mass is 342 g/mol. The van der Waals surface area contributed by atoms with Gasteiger partial charge in [-0.1, -0.05) is 73.3 Å². The lowest BCUT2D eigenvalue weighted by Gasteiger charge is -2.07. The molecule has 0 rings (SSSR count). The molecule has 0 heterocycles. The topological polar surface area (TPSA) is 63.6 Å². The Bertz CT molecular complexity index is 335. The van der Waals surface area contributed by atoms with E-state index in [0.29, 0.717) is 12.5 Å². The zero-order valence-electron chi connectivity index (χ0n) is 16.3. The Balaban J connectivity index is 0. The van der Waals surface area contributed by atoms with Gasteiger partial charge in [-0.2, -0.15) is 0 Å². The third kappa shape index (κ3) is 20.7. The second kappa shape index (κ2) is 16.5. The Kier molecular flexibility index (Phi) is 17.2. The van der Waals surface area contributed by atoms with Gasteiger partial charge in [-0.25, -0.2) is 4.79 Å². The number of aliphatic carboxylic acids is 1. The number of carboxylic acids is 1. The van der Waals surface area contributed by atoms with Gasteiger partial charge in [-0.15, -0.1) is 0 Å². The van der Waals surface area contributed by atoms with Crippen LogP contribution in [0.2, 0.25) is 0 Å². The van der Waals surface area contributed by atoms with E-state index in [9.17, 15) is 9.59 Å². The molecular formula is C20H38O4. The van der Waals surface area contributed by atoms with Crippen LogP contribution < -0.4 is 0 Å². The summed E-state index contributed by atoms with van der Waals surface area (Å²) >= 11 is 0. The molecule has 24 heavy (non-hydrogen) atoms. The molecule has 4 nitrogen and oxygen atoms in total. The number of carboxylic acid groups (broad SMARTS) is 1. The predicted octanol–water partition coefficient (Wildman–Crippen LogP) is 5.47. The van der Waals surface area contributed by atoms with Crippen LogP contribution in [0.3, 0.4) is 0 Å². The van der Waals surface area contributed by atoms with Crippen LogP contribution in [0.4, 0.5) is 0 Å². The minimum Gasteiger partial charge on any atom is -0.481 e. The third-order valence-electron chi connectivity index (χ3n) is 3.58. The van der Waals surface area contributed by atoms with E-state index in [1.54, 1.807) is 6.92 Å². The number of esters is 1. The number of ether oxygens (including phenoxy) is 1. The van der Waals surface area contributed by atoms with Crippen molar-refractivity contribution in [3.8, 4) is 0 Å². The van der Waals surface area contributed by atoms with Gasteiger partial charge in [-0.3, -0.25) is 4.79 Å². The van der Waals surface area contributed by atoms with Crippen LogP contribution in [0, 0.1) is 17.8 Å². The largest absolute Gasteiger partial charge is 0.481 e. The first-order valence-corrected chi connectivity index (χ1v) is 9.22. The maximum absolute atomic E-state index is 10.7. The summed E-state index contributed by atoms with van der Waals surface area (Å²) in [6.07, 6.45) is 9.31. The molecule has 4 heteroatoms. The van der Waals surface area contributed by atoms with Gasteiger partial charge in [0.1, 0.15) is 0 Å². The van der Waals surface area contributed by atoms with Gasteiger partial charge in [0.15, 0.2) is 0 Å². The SMILES string of the molecule is C=CC(=O)OCCCCCCCC(C)C.CC(C)CC(C)C(=O)O. The summed E-state index contributed by atoms with van der Waals surface area (Å²) in [5.41, 5.74) is 0. The van der Waals surface area contributed by atoms with Gasteiger partial charge >= 0.3 is 11.9 Å². The standard InChI is InChI=1S/C13H24O2.C7H14O2/c1-4-13(14)15-11-9-7-5-6-8-10-12(2)3;1-5(2)4-6(3)7(8)9/h4,12H,1,5-11H2,2-3H3;5-6H,4H2,1-3H3,(H,8,9). The van der Waals surface area contributed by atoms with Gasteiger partial charge < -0.3 is 9.84 Å². The lowest BCUT2D eigenvalue weighted by Crippen LogP contribution is -2.11. The average Bonchev–Trinajstić information content (AvgIpc) is 2.49. The number of carbonyl (C=O) groups is 2. The Morgan fingerprint density at radius 2 is 1.50 bits per heavy atom. The van der Waals surface area contributed by atoms with Crippen LogP contribution in [0.25, 0.3) is 0 Å². The summed E-state index contributed by atoms with van der Waals surface area (Å²) < 4.78 is 4.88. The molecule has 0 fully saturated rings. The highest BCUT2D eigenvalue weighted by atomic mass is 16.5. The molecule has 0 aromatic heterocycles. The second-order valence-corrected chi connectivity index (χ2v) is 7.19. The van der Waals surface area contributed by atoms with Gasteiger partial charge in [0.25, 0.3) is 0 Å². The molecule has 0 aromatic carbocycles. The van der Waals surface area contributed by atoms with Gasteiger partial charge in [0.2, 0.25) is 0 Å². The molecule has 0 amide bonds. The number of hydrogen-bond donors (Lipinski definition) is 1. The molecule has 0 aliphatic rings. The molecule has 0 aromatic rings. The van der Waals surface area contributed by atoms with E-state index in [4.69, 9.17) is 9.84 Å². The summed E-state index contributed by atoms with van der Waals surface area (Å²) in [7, 11) is 0. The van der Waals surface area contributed by atoms with E-state index in [1.165, 1.54) is 31.8 Å². The van der Waals surface area contributed by atoms with Crippen LogP contribution in [0.5, 0.6) is 0 Å². The highest BCUT2D eigenvalue weighted by molar-refractivity contribution is 5.81.